The highest BCUT2D eigenvalue weighted by Crippen LogP contribution is 2.21. The first kappa shape index (κ1) is 12.1. The van der Waals surface area contributed by atoms with E-state index in [4.69, 9.17) is 4.74 Å². The third kappa shape index (κ3) is 3.61. The minimum absolute atomic E-state index is 0.0861. The third-order valence-electron chi connectivity index (χ3n) is 2.08. The Kier molecular flexibility index (Phi) is 4.72. The van der Waals surface area contributed by atoms with Crippen LogP contribution in [0.4, 0.5) is 4.39 Å². The minimum Gasteiger partial charge on any atom is -0.369 e. The quantitative estimate of drug-likeness (QED) is 0.808. The van der Waals surface area contributed by atoms with Crippen LogP contribution in [0.5, 0.6) is 0 Å². The summed E-state index contributed by atoms with van der Waals surface area (Å²) in [5.41, 5.74) is 0.612. The van der Waals surface area contributed by atoms with Crippen LogP contribution in [0.3, 0.4) is 0 Å². The molecule has 15 heavy (non-hydrogen) atoms. The molecule has 2 nitrogen and oxygen atoms in total. The molecule has 0 heterocycles. The number of likely N-dealkylation sites (N-methyl/N-ethyl adjacent to an activating group) is 1. The number of halogens is 1. The maximum absolute atomic E-state index is 13.5. The van der Waals surface area contributed by atoms with Gasteiger partial charge in [0.25, 0.3) is 0 Å². The fourth-order valence-electron chi connectivity index (χ4n) is 1.48. The molecule has 0 aliphatic heterocycles. The largest absolute Gasteiger partial charge is 0.369 e. The molecular formula is C12H18FNO. The first-order valence-corrected chi connectivity index (χ1v) is 5.19. The van der Waals surface area contributed by atoms with E-state index in [1.165, 1.54) is 6.07 Å². The Morgan fingerprint density at radius 3 is 2.53 bits per heavy atom. The lowest BCUT2D eigenvalue weighted by molar-refractivity contribution is 0.00627. The van der Waals surface area contributed by atoms with Crippen LogP contribution >= 0.6 is 0 Å². The van der Waals surface area contributed by atoms with Gasteiger partial charge in [-0.05, 0) is 27.0 Å². The number of ether oxygens (including phenoxy) is 1. The van der Waals surface area contributed by atoms with Crippen molar-refractivity contribution in [2.45, 2.75) is 26.1 Å². The summed E-state index contributed by atoms with van der Waals surface area (Å²) in [6, 6.07) is 6.73. The highest BCUT2D eigenvalue weighted by atomic mass is 19.1. The summed E-state index contributed by atoms with van der Waals surface area (Å²) in [6.07, 6.45) is -0.140. The number of hydrogen-bond donors (Lipinski definition) is 1. The van der Waals surface area contributed by atoms with Crippen molar-refractivity contribution in [1.82, 2.24) is 5.32 Å². The first-order valence-electron chi connectivity index (χ1n) is 5.19. The van der Waals surface area contributed by atoms with Gasteiger partial charge in [-0.15, -0.1) is 0 Å². The molecule has 1 aromatic rings. The standard InChI is InChI=1S/C12H18FNO/c1-9(2)15-12(8-14-3)10-6-4-5-7-11(10)13/h4-7,9,12,14H,8H2,1-3H3/t12-/m1/s1. The van der Waals surface area contributed by atoms with Crippen LogP contribution in [0, 0.1) is 5.82 Å². The zero-order valence-electron chi connectivity index (χ0n) is 9.46. The van der Waals surface area contributed by atoms with Crippen LogP contribution in [0.25, 0.3) is 0 Å². The lowest BCUT2D eigenvalue weighted by Gasteiger charge is -2.21. The summed E-state index contributed by atoms with van der Waals surface area (Å²) in [5, 5.41) is 3.01. The van der Waals surface area contributed by atoms with Crippen molar-refractivity contribution in [1.29, 1.82) is 0 Å². The summed E-state index contributed by atoms with van der Waals surface area (Å²) >= 11 is 0. The molecule has 0 radical (unpaired) electrons. The molecule has 0 aliphatic carbocycles. The van der Waals surface area contributed by atoms with Gasteiger partial charge in [-0.3, -0.25) is 0 Å². The second kappa shape index (κ2) is 5.83. The van der Waals surface area contributed by atoms with Gasteiger partial charge in [0.05, 0.1) is 12.2 Å². The molecule has 84 valence electrons. The summed E-state index contributed by atoms with van der Waals surface area (Å²) in [7, 11) is 1.83. The highest BCUT2D eigenvalue weighted by molar-refractivity contribution is 5.20. The topological polar surface area (TPSA) is 21.3 Å². The third-order valence-corrected chi connectivity index (χ3v) is 2.08. The van der Waals surface area contributed by atoms with Gasteiger partial charge in [0.1, 0.15) is 5.82 Å². The second-order valence-corrected chi connectivity index (χ2v) is 3.75. The van der Waals surface area contributed by atoms with Crippen LogP contribution in [-0.2, 0) is 4.74 Å². The molecule has 3 heteroatoms. The molecule has 0 saturated heterocycles. The molecule has 1 aromatic carbocycles. The minimum atomic E-state index is -0.226. The molecule has 0 saturated carbocycles. The summed E-state index contributed by atoms with van der Waals surface area (Å²) in [4.78, 5) is 0. The Labute approximate surface area is 90.4 Å². The molecule has 0 spiro atoms. The maximum Gasteiger partial charge on any atom is 0.129 e. The zero-order valence-corrected chi connectivity index (χ0v) is 9.46. The van der Waals surface area contributed by atoms with Gasteiger partial charge >= 0.3 is 0 Å². The average molecular weight is 211 g/mol. The molecule has 1 N–H and O–H groups in total. The molecule has 1 rings (SSSR count). The van der Waals surface area contributed by atoms with Crippen LogP contribution in [0.2, 0.25) is 0 Å². The summed E-state index contributed by atoms with van der Waals surface area (Å²) in [6.45, 7) is 4.51. The van der Waals surface area contributed by atoms with Gasteiger partial charge in [0.15, 0.2) is 0 Å². The van der Waals surface area contributed by atoms with Crippen molar-refractivity contribution in [3.8, 4) is 0 Å². The Hall–Kier alpha value is -0.930. The van der Waals surface area contributed by atoms with E-state index in [9.17, 15) is 4.39 Å². The van der Waals surface area contributed by atoms with Gasteiger partial charge in [0.2, 0.25) is 0 Å². The van der Waals surface area contributed by atoms with Gasteiger partial charge in [-0.25, -0.2) is 4.39 Å². The van der Waals surface area contributed by atoms with Crippen molar-refractivity contribution in [2.24, 2.45) is 0 Å². The smallest absolute Gasteiger partial charge is 0.129 e. The van der Waals surface area contributed by atoms with E-state index in [1.807, 2.05) is 27.0 Å². The maximum atomic E-state index is 13.5. The zero-order chi connectivity index (χ0) is 11.3. The molecule has 0 aromatic heterocycles. The molecule has 1 atom stereocenters. The Balaban J connectivity index is 2.83. The molecule has 0 fully saturated rings. The number of nitrogens with one attached hydrogen (secondary N) is 1. The van der Waals surface area contributed by atoms with Gasteiger partial charge in [0, 0.05) is 12.1 Å². The van der Waals surface area contributed by atoms with Crippen LogP contribution in [0.15, 0.2) is 24.3 Å². The van der Waals surface area contributed by atoms with Crippen molar-refractivity contribution in [3.63, 3.8) is 0 Å². The van der Waals surface area contributed by atoms with Gasteiger partial charge in [-0.2, -0.15) is 0 Å². The Morgan fingerprint density at radius 2 is 2.00 bits per heavy atom. The summed E-state index contributed by atoms with van der Waals surface area (Å²) < 4.78 is 19.2. The fourth-order valence-corrected chi connectivity index (χ4v) is 1.48. The van der Waals surface area contributed by atoms with E-state index < -0.39 is 0 Å². The molecule has 0 amide bonds. The van der Waals surface area contributed by atoms with E-state index in [0.717, 1.165) is 0 Å². The summed E-state index contributed by atoms with van der Waals surface area (Å²) in [5.74, 6) is -0.210. The van der Waals surface area contributed by atoms with Crippen LogP contribution < -0.4 is 5.32 Å². The second-order valence-electron chi connectivity index (χ2n) is 3.75. The predicted molar refractivity (Wildman–Crippen MR) is 59.3 cm³/mol. The lowest BCUT2D eigenvalue weighted by Crippen LogP contribution is -2.23. The SMILES string of the molecule is CNC[C@@H](OC(C)C)c1ccccc1F. The highest BCUT2D eigenvalue weighted by Gasteiger charge is 2.16. The average Bonchev–Trinajstić information content (AvgIpc) is 2.17. The van der Waals surface area contributed by atoms with Crippen molar-refractivity contribution in [2.75, 3.05) is 13.6 Å². The number of benzene rings is 1. The van der Waals surface area contributed by atoms with E-state index in [0.29, 0.717) is 12.1 Å². The van der Waals surface area contributed by atoms with E-state index in [1.54, 1.807) is 12.1 Å². The molecule has 0 unspecified atom stereocenters. The number of hydrogen-bond acceptors (Lipinski definition) is 2. The lowest BCUT2D eigenvalue weighted by atomic mass is 10.1. The van der Waals surface area contributed by atoms with Crippen molar-refractivity contribution in [3.05, 3.63) is 35.6 Å². The van der Waals surface area contributed by atoms with E-state index in [-0.39, 0.29) is 18.0 Å². The Morgan fingerprint density at radius 1 is 1.33 bits per heavy atom. The van der Waals surface area contributed by atoms with E-state index in [2.05, 4.69) is 5.32 Å². The number of rotatable bonds is 5. The van der Waals surface area contributed by atoms with Gasteiger partial charge in [-0.1, -0.05) is 18.2 Å². The normalized spacial score (nSPS) is 13.1. The monoisotopic (exact) mass is 211 g/mol. The molecule has 0 aliphatic rings. The van der Waals surface area contributed by atoms with E-state index >= 15 is 0 Å². The fraction of sp³-hybridized carbons (Fsp3) is 0.500. The molecular weight excluding hydrogens is 193 g/mol. The van der Waals surface area contributed by atoms with Crippen molar-refractivity contribution >= 4 is 0 Å². The van der Waals surface area contributed by atoms with Crippen LogP contribution in [-0.4, -0.2) is 19.7 Å². The Bertz CT molecular complexity index is 301. The van der Waals surface area contributed by atoms with Crippen LogP contribution in [0.1, 0.15) is 25.5 Å². The van der Waals surface area contributed by atoms with Crippen molar-refractivity contribution < 1.29 is 9.13 Å². The molecule has 0 bridgehead atoms. The van der Waals surface area contributed by atoms with Gasteiger partial charge < -0.3 is 10.1 Å². The predicted octanol–water partition coefficient (Wildman–Crippen LogP) is 2.51. The first-order chi connectivity index (χ1) is 7.15.